The summed E-state index contributed by atoms with van der Waals surface area (Å²) < 4.78 is 4.87. The van der Waals surface area contributed by atoms with Crippen molar-refractivity contribution in [3.8, 4) is 0 Å². The fourth-order valence-corrected chi connectivity index (χ4v) is 2.66. The van der Waals surface area contributed by atoms with E-state index in [1.807, 2.05) is 6.92 Å². The van der Waals surface area contributed by atoms with Crippen LogP contribution in [0, 0.1) is 6.92 Å². The fraction of sp³-hybridized carbons (Fsp3) is 0.400. The quantitative estimate of drug-likeness (QED) is 0.840. The van der Waals surface area contributed by atoms with Gasteiger partial charge in [0, 0.05) is 12.1 Å². The molecule has 0 fully saturated rings. The van der Waals surface area contributed by atoms with Gasteiger partial charge >= 0.3 is 0 Å². The van der Waals surface area contributed by atoms with Crippen LogP contribution < -0.4 is 5.32 Å². The van der Waals surface area contributed by atoms with Crippen LogP contribution in [0.4, 0.5) is 5.82 Å². The van der Waals surface area contributed by atoms with Crippen LogP contribution in [-0.2, 0) is 0 Å². The summed E-state index contributed by atoms with van der Waals surface area (Å²) in [5.41, 5.74) is 1.06. The predicted octanol–water partition coefficient (Wildman–Crippen LogP) is 2.61. The summed E-state index contributed by atoms with van der Waals surface area (Å²) in [4.78, 5) is 12.6. The van der Waals surface area contributed by atoms with Crippen LogP contribution in [0.2, 0.25) is 0 Å². The average Bonchev–Trinajstić information content (AvgIpc) is 2.83. The molecule has 7 heteroatoms. The summed E-state index contributed by atoms with van der Waals surface area (Å²) in [6, 6.07) is 0. The lowest BCUT2D eigenvalue weighted by Crippen LogP contribution is -2.05. The first-order valence-electron chi connectivity index (χ1n) is 5.31. The van der Waals surface area contributed by atoms with Crippen LogP contribution >= 0.6 is 23.3 Å². The summed E-state index contributed by atoms with van der Waals surface area (Å²) >= 11 is 2.89. The molecule has 0 radical (unpaired) electrons. The second-order valence-electron chi connectivity index (χ2n) is 3.39. The molecule has 0 aliphatic rings. The minimum atomic E-state index is 0.897. The number of aromatic nitrogens is 4. The molecular formula is C10H13N5S2. The third-order valence-corrected chi connectivity index (χ3v) is 3.93. The molecule has 0 saturated heterocycles. The molecule has 0 amide bonds. The summed E-state index contributed by atoms with van der Waals surface area (Å²) in [6.07, 6.45) is 4.20. The van der Waals surface area contributed by atoms with Crippen molar-refractivity contribution in [2.24, 2.45) is 0 Å². The van der Waals surface area contributed by atoms with E-state index in [-0.39, 0.29) is 0 Å². The molecule has 0 aliphatic heterocycles. The Labute approximate surface area is 108 Å². The van der Waals surface area contributed by atoms with Gasteiger partial charge in [-0.15, -0.1) is 0 Å². The SMILES string of the molecule is CCCNc1ncnc(Sc2ncns2)c1C. The van der Waals surface area contributed by atoms with E-state index < -0.39 is 0 Å². The number of nitrogens with one attached hydrogen (secondary N) is 1. The Kier molecular flexibility index (Phi) is 4.27. The van der Waals surface area contributed by atoms with Crippen molar-refractivity contribution in [2.75, 3.05) is 11.9 Å². The maximum absolute atomic E-state index is 4.27. The molecule has 90 valence electrons. The third kappa shape index (κ3) is 3.13. The Hall–Kier alpha value is -1.21. The van der Waals surface area contributed by atoms with Crippen molar-refractivity contribution < 1.29 is 0 Å². The first-order chi connectivity index (χ1) is 8.31. The Morgan fingerprint density at radius 3 is 2.88 bits per heavy atom. The van der Waals surface area contributed by atoms with Crippen molar-refractivity contribution in [1.29, 1.82) is 0 Å². The lowest BCUT2D eigenvalue weighted by Gasteiger charge is -2.09. The van der Waals surface area contributed by atoms with Gasteiger partial charge in [-0.05, 0) is 36.6 Å². The monoisotopic (exact) mass is 267 g/mol. The first kappa shape index (κ1) is 12.3. The summed E-state index contributed by atoms with van der Waals surface area (Å²) in [6.45, 7) is 5.06. The van der Waals surface area contributed by atoms with Gasteiger partial charge in [0.1, 0.15) is 23.5 Å². The van der Waals surface area contributed by atoms with Gasteiger partial charge in [-0.2, -0.15) is 4.37 Å². The number of hydrogen-bond acceptors (Lipinski definition) is 7. The van der Waals surface area contributed by atoms with E-state index in [1.54, 1.807) is 12.7 Å². The van der Waals surface area contributed by atoms with Gasteiger partial charge in [0.25, 0.3) is 0 Å². The molecule has 5 nitrogen and oxygen atoms in total. The maximum atomic E-state index is 4.27. The second kappa shape index (κ2) is 5.92. The topological polar surface area (TPSA) is 63.6 Å². The van der Waals surface area contributed by atoms with E-state index in [9.17, 15) is 0 Å². The van der Waals surface area contributed by atoms with Crippen LogP contribution in [0.25, 0.3) is 0 Å². The van der Waals surface area contributed by atoms with Crippen molar-refractivity contribution in [2.45, 2.75) is 29.6 Å². The lowest BCUT2D eigenvalue weighted by atomic mass is 10.3. The van der Waals surface area contributed by atoms with Gasteiger partial charge < -0.3 is 5.32 Å². The van der Waals surface area contributed by atoms with Gasteiger partial charge in [-0.25, -0.2) is 15.0 Å². The molecule has 0 bridgehead atoms. The van der Waals surface area contributed by atoms with Crippen molar-refractivity contribution >= 4 is 29.1 Å². The minimum Gasteiger partial charge on any atom is -0.370 e. The van der Waals surface area contributed by atoms with E-state index in [0.29, 0.717) is 0 Å². The number of rotatable bonds is 5. The summed E-state index contributed by atoms with van der Waals surface area (Å²) in [7, 11) is 0. The number of anilines is 1. The highest BCUT2D eigenvalue weighted by atomic mass is 32.2. The Bertz CT molecular complexity index is 472. The molecule has 0 unspecified atom stereocenters. The molecule has 2 heterocycles. The molecule has 0 aliphatic carbocycles. The van der Waals surface area contributed by atoms with Crippen LogP contribution in [-0.4, -0.2) is 25.9 Å². The van der Waals surface area contributed by atoms with Crippen molar-refractivity contribution in [3.05, 3.63) is 18.2 Å². The Morgan fingerprint density at radius 1 is 1.29 bits per heavy atom. The van der Waals surface area contributed by atoms with Crippen LogP contribution in [0.15, 0.2) is 22.0 Å². The predicted molar refractivity (Wildman–Crippen MR) is 69.6 cm³/mol. The third-order valence-electron chi connectivity index (χ3n) is 2.11. The normalized spacial score (nSPS) is 10.5. The van der Waals surface area contributed by atoms with Crippen molar-refractivity contribution in [3.63, 3.8) is 0 Å². The highest BCUT2D eigenvalue weighted by Crippen LogP contribution is 2.30. The van der Waals surface area contributed by atoms with E-state index in [2.05, 4.69) is 31.6 Å². The maximum Gasteiger partial charge on any atom is 0.176 e. The second-order valence-corrected chi connectivity index (χ2v) is 5.40. The Balaban J connectivity index is 2.17. The van der Waals surface area contributed by atoms with E-state index in [4.69, 9.17) is 0 Å². The van der Waals surface area contributed by atoms with E-state index >= 15 is 0 Å². The fourth-order valence-electron chi connectivity index (χ4n) is 1.25. The molecule has 2 aromatic heterocycles. The summed E-state index contributed by atoms with van der Waals surface area (Å²) in [5, 5.41) is 4.21. The molecule has 0 atom stereocenters. The van der Waals surface area contributed by atoms with Crippen LogP contribution in [0.3, 0.4) is 0 Å². The highest BCUT2D eigenvalue weighted by molar-refractivity contribution is 8.00. The average molecular weight is 267 g/mol. The smallest absolute Gasteiger partial charge is 0.176 e. The van der Waals surface area contributed by atoms with Gasteiger partial charge in [0.05, 0.1) is 0 Å². The molecule has 0 aromatic carbocycles. The van der Waals surface area contributed by atoms with E-state index in [0.717, 1.165) is 33.7 Å². The molecular weight excluding hydrogens is 254 g/mol. The zero-order valence-electron chi connectivity index (χ0n) is 9.67. The first-order valence-corrected chi connectivity index (χ1v) is 6.90. The van der Waals surface area contributed by atoms with Gasteiger partial charge in [-0.1, -0.05) is 6.92 Å². The Morgan fingerprint density at radius 2 is 2.18 bits per heavy atom. The molecule has 0 spiro atoms. The molecule has 2 aromatic rings. The molecule has 0 saturated carbocycles. The number of hydrogen-bond donors (Lipinski definition) is 1. The largest absolute Gasteiger partial charge is 0.370 e. The lowest BCUT2D eigenvalue weighted by molar-refractivity contribution is 0.938. The molecule has 17 heavy (non-hydrogen) atoms. The van der Waals surface area contributed by atoms with Crippen LogP contribution in [0.1, 0.15) is 18.9 Å². The van der Waals surface area contributed by atoms with Crippen molar-refractivity contribution in [1.82, 2.24) is 19.3 Å². The number of nitrogens with zero attached hydrogens (tertiary/aromatic N) is 4. The minimum absolute atomic E-state index is 0.897. The molecule has 1 N–H and O–H groups in total. The van der Waals surface area contributed by atoms with Gasteiger partial charge in [-0.3, -0.25) is 0 Å². The standard InChI is InChI=1S/C10H13N5S2/c1-3-4-11-8-7(2)9(13-5-12-8)16-10-14-6-15-17-10/h5-6H,3-4H2,1-2H3,(H,11,12,13). The summed E-state index contributed by atoms with van der Waals surface area (Å²) in [5.74, 6) is 0.897. The molecule has 2 rings (SSSR count). The van der Waals surface area contributed by atoms with E-state index in [1.165, 1.54) is 23.3 Å². The van der Waals surface area contributed by atoms with Crippen LogP contribution in [0.5, 0.6) is 0 Å². The zero-order chi connectivity index (χ0) is 12.1. The van der Waals surface area contributed by atoms with Gasteiger partial charge in [0.15, 0.2) is 4.34 Å². The zero-order valence-corrected chi connectivity index (χ0v) is 11.3. The van der Waals surface area contributed by atoms with Gasteiger partial charge in [0.2, 0.25) is 0 Å². The highest BCUT2D eigenvalue weighted by Gasteiger charge is 2.09.